The number of nitrogens with one attached hydrogen (secondary N) is 2. The second kappa shape index (κ2) is 9.56. The maximum Gasteiger partial charge on any atom is 0.325 e. The molecule has 0 spiro atoms. The molecule has 0 saturated carbocycles. The molecule has 100 valence electrons. The average molecular weight is 283 g/mol. The first-order valence-corrected chi connectivity index (χ1v) is 6.61. The second-order valence-corrected chi connectivity index (χ2v) is 4.66. The molecule has 0 radical (unpaired) electrons. The number of amides is 1. The van der Waals surface area contributed by atoms with E-state index in [0.29, 0.717) is 13.0 Å². The van der Waals surface area contributed by atoms with E-state index in [1.54, 1.807) is 6.92 Å². The topological polar surface area (TPSA) is 67.4 Å². The number of thioether (sulfide) groups is 1. The van der Waals surface area contributed by atoms with E-state index < -0.39 is 0 Å². The van der Waals surface area contributed by atoms with Gasteiger partial charge in [0.1, 0.15) is 6.54 Å². The molecule has 1 unspecified atom stereocenters. The maximum atomic E-state index is 11.5. The Bertz CT molecular complexity index is 248. The lowest BCUT2D eigenvalue weighted by atomic mass is 10.2. The monoisotopic (exact) mass is 282 g/mol. The van der Waals surface area contributed by atoms with E-state index in [1.165, 1.54) is 0 Å². The Morgan fingerprint density at radius 1 is 1.53 bits per heavy atom. The van der Waals surface area contributed by atoms with Gasteiger partial charge in [-0.15, -0.1) is 12.4 Å². The molecular weight excluding hydrogens is 264 g/mol. The van der Waals surface area contributed by atoms with Crippen LogP contribution < -0.4 is 10.6 Å². The first-order chi connectivity index (χ1) is 7.72. The van der Waals surface area contributed by atoms with Crippen molar-refractivity contribution in [1.82, 2.24) is 10.6 Å². The van der Waals surface area contributed by atoms with E-state index >= 15 is 0 Å². The molecule has 0 bridgehead atoms. The van der Waals surface area contributed by atoms with Crippen molar-refractivity contribution in [2.75, 3.05) is 31.2 Å². The van der Waals surface area contributed by atoms with Gasteiger partial charge >= 0.3 is 5.97 Å². The van der Waals surface area contributed by atoms with Gasteiger partial charge in [-0.2, -0.15) is 11.8 Å². The predicted octanol–water partition coefficient (Wildman–Crippen LogP) is 0.183. The Labute approximate surface area is 112 Å². The quantitative estimate of drug-likeness (QED) is 0.705. The maximum absolute atomic E-state index is 11.5. The van der Waals surface area contributed by atoms with Gasteiger partial charge in [-0.05, 0) is 6.92 Å². The highest BCUT2D eigenvalue weighted by molar-refractivity contribution is 7.99. The number of hydrogen-bond donors (Lipinski definition) is 2. The molecule has 1 heterocycles. The molecule has 1 fully saturated rings. The molecule has 1 aliphatic rings. The van der Waals surface area contributed by atoms with Crippen LogP contribution in [-0.2, 0) is 14.3 Å². The van der Waals surface area contributed by atoms with Gasteiger partial charge in [0.25, 0.3) is 0 Å². The number of hydrogen-bond acceptors (Lipinski definition) is 5. The lowest BCUT2D eigenvalue weighted by Gasteiger charge is -2.22. The zero-order chi connectivity index (χ0) is 11.8. The minimum absolute atomic E-state index is 0. The number of carbonyl (C=O) groups excluding carboxylic acids is 2. The van der Waals surface area contributed by atoms with Crippen LogP contribution in [0, 0.1) is 0 Å². The van der Waals surface area contributed by atoms with E-state index in [9.17, 15) is 9.59 Å². The van der Waals surface area contributed by atoms with Gasteiger partial charge in [-0.25, -0.2) is 0 Å². The summed E-state index contributed by atoms with van der Waals surface area (Å²) >= 11 is 1.84. The van der Waals surface area contributed by atoms with Gasteiger partial charge in [0, 0.05) is 30.5 Å². The van der Waals surface area contributed by atoms with E-state index in [0.717, 1.165) is 18.1 Å². The van der Waals surface area contributed by atoms with Crippen LogP contribution in [0.3, 0.4) is 0 Å². The molecule has 2 N–H and O–H groups in total. The predicted molar refractivity (Wildman–Crippen MR) is 70.6 cm³/mol. The molecule has 0 aromatic carbocycles. The molecule has 7 heteroatoms. The van der Waals surface area contributed by atoms with Gasteiger partial charge < -0.3 is 15.4 Å². The SMILES string of the molecule is CCOC(=O)CNC(=O)CC1CSCCN1.Cl. The van der Waals surface area contributed by atoms with Crippen LogP contribution in [0.4, 0.5) is 0 Å². The van der Waals surface area contributed by atoms with Gasteiger partial charge in [0.05, 0.1) is 6.61 Å². The third-order valence-corrected chi connectivity index (χ3v) is 3.30. The minimum Gasteiger partial charge on any atom is -0.465 e. The van der Waals surface area contributed by atoms with Crippen molar-refractivity contribution in [1.29, 1.82) is 0 Å². The van der Waals surface area contributed by atoms with Crippen molar-refractivity contribution in [2.24, 2.45) is 0 Å². The lowest BCUT2D eigenvalue weighted by molar-refractivity contribution is -0.143. The molecule has 1 aliphatic heterocycles. The van der Waals surface area contributed by atoms with Crippen LogP contribution in [0.25, 0.3) is 0 Å². The zero-order valence-corrected chi connectivity index (χ0v) is 11.5. The van der Waals surface area contributed by atoms with Gasteiger partial charge in [0.15, 0.2) is 0 Å². The molecular formula is C10H19ClN2O3S. The van der Waals surface area contributed by atoms with E-state index in [2.05, 4.69) is 10.6 Å². The number of halogens is 1. The Morgan fingerprint density at radius 3 is 2.88 bits per heavy atom. The Kier molecular flexibility index (Phi) is 9.30. The summed E-state index contributed by atoms with van der Waals surface area (Å²) in [7, 11) is 0. The fraction of sp³-hybridized carbons (Fsp3) is 0.800. The average Bonchev–Trinajstić information content (AvgIpc) is 2.28. The highest BCUT2D eigenvalue weighted by atomic mass is 35.5. The van der Waals surface area contributed by atoms with E-state index in [4.69, 9.17) is 4.74 Å². The Hall–Kier alpha value is -0.460. The number of rotatable bonds is 5. The summed E-state index contributed by atoms with van der Waals surface area (Å²) in [5.41, 5.74) is 0. The molecule has 1 rings (SSSR count). The summed E-state index contributed by atoms with van der Waals surface area (Å²) < 4.78 is 4.71. The third-order valence-electron chi connectivity index (χ3n) is 2.17. The Balaban J connectivity index is 0.00000256. The smallest absolute Gasteiger partial charge is 0.325 e. The van der Waals surface area contributed by atoms with Crippen molar-refractivity contribution in [3.63, 3.8) is 0 Å². The summed E-state index contributed by atoms with van der Waals surface area (Å²) in [5, 5.41) is 5.82. The largest absolute Gasteiger partial charge is 0.465 e. The first-order valence-electron chi connectivity index (χ1n) is 5.45. The number of carbonyl (C=O) groups is 2. The zero-order valence-electron chi connectivity index (χ0n) is 9.86. The van der Waals surface area contributed by atoms with Crippen molar-refractivity contribution in [3.8, 4) is 0 Å². The minimum atomic E-state index is -0.387. The molecule has 17 heavy (non-hydrogen) atoms. The summed E-state index contributed by atoms with van der Waals surface area (Å²) in [6.07, 6.45) is 0.423. The summed E-state index contributed by atoms with van der Waals surface area (Å²) in [5.74, 6) is 1.56. The van der Waals surface area contributed by atoms with Crippen molar-refractivity contribution >= 4 is 36.0 Å². The number of ether oxygens (including phenoxy) is 1. The summed E-state index contributed by atoms with van der Waals surface area (Å²) in [4.78, 5) is 22.4. The standard InChI is InChI=1S/C10H18N2O3S.ClH/c1-2-15-10(14)6-12-9(13)5-8-7-16-4-3-11-8;/h8,11H,2-7H2,1H3,(H,12,13);1H. The highest BCUT2D eigenvalue weighted by Gasteiger charge is 2.16. The normalized spacial score (nSPS) is 19.0. The summed E-state index contributed by atoms with van der Waals surface area (Å²) in [6.45, 7) is 2.99. The van der Waals surface area contributed by atoms with Crippen molar-refractivity contribution in [2.45, 2.75) is 19.4 Å². The summed E-state index contributed by atoms with van der Waals surface area (Å²) in [6, 6.07) is 0.223. The van der Waals surface area contributed by atoms with Crippen molar-refractivity contribution in [3.05, 3.63) is 0 Å². The van der Waals surface area contributed by atoms with Gasteiger partial charge in [0.2, 0.25) is 5.91 Å². The van der Waals surface area contributed by atoms with E-state index in [-0.39, 0.29) is 36.9 Å². The lowest BCUT2D eigenvalue weighted by Crippen LogP contribution is -2.42. The fourth-order valence-electron chi connectivity index (χ4n) is 1.43. The molecule has 0 aliphatic carbocycles. The van der Waals surface area contributed by atoms with Crippen LogP contribution >= 0.6 is 24.2 Å². The van der Waals surface area contributed by atoms with E-state index in [1.807, 2.05) is 11.8 Å². The second-order valence-electron chi connectivity index (χ2n) is 3.51. The fourth-order valence-corrected chi connectivity index (χ4v) is 2.38. The van der Waals surface area contributed by atoms with Crippen LogP contribution in [0.1, 0.15) is 13.3 Å². The highest BCUT2D eigenvalue weighted by Crippen LogP contribution is 2.09. The van der Waals surface area contributed by atoms with Crippen LogP contribution in [-0.4, -0.2) is 49.1 Å². The first kappa shape index (κ1) is 16.5. The van der Waals surface area contributed by atoms with Gasteiger partial charge in [-0.3, -0.25) is 9.59 Å². The number of esters is 1. The Morgan fingerprint density at radius 2 is 2.29 bits per heavy atom. The molecule has 1 saturated heterocycles. The molecule has 0 aromatic rings. The molecule has 1 amide bonds. The molecule has 1 atom stereocenters. The van der Waals surface area contributed by atoms with Crippen LogP contribution in [0.15, 0.2) is 0 Å². The van der Waals surface area contributed by atoms with Crippen LogP contribution in [0.2, 0.25) is 0 Å². The van der Waals surface area contributed by atoms with Crippen LogP contribution in [0.5, 0.6) is 0 Å². The third kappa shape index (κ3) is 7.46. The van der Waals surface area contributed by atoms with Crippen molar-refractivity contribution < 1.29 is 14.3 Å². The van der Waals surface area contributed by atoms with Gasteiger partial charge in [-0.1, -0.05) is 0 Å². The molecule has 5 nitrogen and oxygen atoms in total. The molecule has 0 aromatic heterocycles.